The van der Waals surface area contributed by atoms with Crippen LogP contribution in [0.1, 0.15) is 32.6 Å². The van der Waals surface area contributed by atoms with Gasteiger partial charge in [-0.05, 0) is 31.7 Å². The summed E-state index contributed by atoms with van der Waals surface area (Å²) in [6.07, 6.45) is 3.25. The highest BCUT2D eigenvalue weighted by Gasteiger charge is 2.90. The summed E-state index contributed by atoms with van der Waals surface area (Å²) in [4.78, 5) is 29.8. The molecule has 6 heteroatoms. The van der Waals surface area contributed by atoms with Crippen molar-refractivity contribution in [3.8, 4) is 0 Å². The van der Waals surface area contributed by atoms with E-state index in [9.17, 15) is 9.59 Å². The second-order valence-electron chi connectivity index (χ2n) is 10.00. The van der Waals surface area contributed by atoms with Gasteiger partial charge < -0.3 is 14.2 Å². The first-order valence-corrected chi connectivity index (χ1v) is 10.9. The second-order valence-corrected chi connectivity index (χ2v) is 10.00. The average Bonchev–Trinajstić information content (AvgIpc) is 3.31. The van der Waals surface area contributed by atoms with Crippen LogP contribution >= 0.6 is 0 Å². The number of hydrogen-bond acceptors (Lipinski definition) is 6. The third-order valence-electron chi connectivity index (χ3n) is 10.0. The number of Topliss-reactive ketones (excluding diaryl/α,β-unsaturated/α-hetero) is 2. The van der Waals surface area contributed by atoms with E-state index in [0.29, 0.717) is 29.8 Å². The molecule has 2 heterocycles. The number of nitrogens with zero attached hydrogens (tertiary/aromatic N) is 1. The third-order valence-corrected chi connectivity index (χ3v) is 10.0. The maximum atomic E-state index is 14.1. The topological polar surface area (TPSA) is 65.1 Å². The summed E-state index contributed by atoms with van der Waals surface area (Å²) in [6, 6.07) is -0.175. The number of likely N-dealkylation sites (N-methyl/N-ethyl adjacent to an activating group) is 1. The third kappa shape index (κ3) is 1.50. The van der Waals surface area contributed by atoms with Gasteiger partial charge in [-0.3, -0.25) is 14.5 Å². The molecule has 0 aromatic heterocycles. The lowest BCUT2D eigenvalue weighted by atomic mass is 9.50. The molecular formula is C22H31NO5. The van der Waals surface area contributed by atoms with Crippen molar-refractivity contribution in [3.63, 3.8) is 0 Å². The maximum Gasteiger partial charge on any atom is 0.158 e. The molecule has 0 N–H and O–H groups in total. The van der Waals surface area contributed by atoms with E-state index in [1.165, 1.54) is 0 Å². The Morgan fingerprint density at radius 3 is 2.57 bits per heavy atom. The first-order chi connectivity index (χ1) is 13.5. The van der Waals surface area contributed by atoms with Crippen molar-refractivity contribution in [3.05, 3.63) is 0 Å². The fraction of sp³-hybridized carbons (Fsp3) is 0.909. The summed E-state index contributed by atoms with van der Waals surface area (Å²) < 4.78 is 18.1. The van der Waals surface area contributed by atoms with E-state index in [1.807, 2.05) is 0 Å². The van der Waals surface area contributed by atoms with Gasteiger partial charge in [0.25, 0.3) is 0 Å². The van der Waals surface area contributed by atoms with Crippen molar-refractivity contribution >= 4 is 11.6 Å². The summed E-state index contributed by atoms with van der Waals surface area (Å²) >= 11 is 0. The smallest absolute Gasteiger partial charge is 0.158 e. The van der Waals surface area contributed by atoms with Gasteiger partial charge >= 0.3 is 0 Å². The standard InChI is InChI=1S/C22H31NO5/c1-5-23-17-16-12(24)6-7-14(27-3)22(16)11-8-10-13(26-2)9-21(19(17)25,20(22)23)15(11)18(10)28-4/h10-11,13-18,20H,5-9H2,1-4H3/t10-,11-,13+,14+,15-,16+,17-,18+,20-,21-,22+/m1/s1. The average molecular weight is 389 g/mol. The maximum absolute atomic E-state index is 14.1. The van der Waals surface area contributed by atoms with Gasteiger partial charge in [0.1, 0.15) is 5.78 Å². The number of rotatable bonds is 4. The monoisotopic (exact) mass is 389 g/mol. The number of carbonyl (C=O) groups excluding carboxylic acids is 2. The van der Waals surface area contributed by atoms with Crippen molar-refractivity contribution in [2.24, 2.45) is 34.5 Å². The predicted octanol–water partition coefficient (Wildman–Crippen LogP) is 1.31. The molecule has 0 unspecified atom stereocenters. The molecule has 2 aliphatic heterocycles. The molecule has 0 aromatic rings. The van der Waals surface area contributed by atoms with Crippen LogP contribution in [0.15, 0.2) is 0 Å². The van der Waals surface area contributed by atoms with E-state index in [4.69, 9.17) is 14.2 Å². The van der Waals surface area contributed by atoms with Crippen LogP contribution < -0.4 is 0 Å². The highest BCUT2D eigenvalue weighted by molar-refractivity contribution is 6.03. The van der Waals surface area contributed by atoms with E-state index >= 15 is 0 Å². The summed E-state index contributed by atoms with van der Waals surface area (Å²) in [5.74, 6) is 1.22. The molecule has 4 saturated carbocycles. The molecule has 6 fully saturated rings. The molecule has 0 aromatic carbocycles. The number of carbonyl (C=O) groups is 2. The van der Waals surface area contributed by atoms with E-state index in [0.717, 1.165) is 25.8 Å². The minimum atomic E-state index is -0.440. The van der Waals surface area contributed by atoms with Gasteiger partial charge in [-0.1, -0.05) is 6.92 Å². The zero-order valence-corrected chi connectivity index (χ0v) is 17.2. The predicted molar refractivity (Wildman–Crippen MR) is 99.7 cm³/mol. The first kappa shape index (κ1) is 18.0. The second kappa shape index (κ2) is 5.45. The number of ketones is 2. The van der Waals surface area contributed by atoms with Crippen LogP contribution in [0.4, 0.5) is 0 Å². The van der Waals surface area contributed by atoms with Crippen LogP contribution in [0.3, 0.4) is 0 Å². The lowest BCUT2D eigenvalue weighted by Crippen LogP contribution is -2.64. The number of fused-ring (bicyclic) bond motifs is 3. The summed E-state index contributed by atoms with van der Waals surface area (Å²) in [5, 5.41) is 0. The van der Waals surface area contributed by atoms with Gasteiger partial charge in [-0.25, -0.2) is 0 Å². The van der Waals surface area contributed by atoms with Crippen LogP contribution in [-0.4, -0.2) is 74.7 Å². The molecule has 11 atom stereocenters. The van der Waals surface area contributed by atoms with E-state index in [1.54, 1.807) is 21.3 Å². The van der Waals surface area contributed by atoms with Crippen LogP contribution in [-0.2, 0) is 23.8 Å². The number of methoxy groups -OCH3 is 3. The Morgan fingerprint density at radius 2 is 1.93 bits per heavy atom. The highest BCUT2D eigenvalue weighted by Crippen LogP contribution is 2.81. The molecule has 0 radical (unpaired) electrons. The van der Waals surface area contributed by atoms with Crippen molar-refractivity contribution in [2.45, 2.75) is 63.0 Å². The Hall–Kier alpha value is -0.820. The van der Waals surface area contributed by atoms with Crippen molar-refractivity contribution in [1.29, 1.82) is 0 Å². The van der Waals surface area contributed by atoms with Gasteiger partial charge in [0, 0.05) is 51.0 Å². The molecule has 6 aliphatic rings. The molecule has 6 nitrogen and oxygen atoms in total. The molecular weight excluding hydrogens is 358 g/mol. The molecule has 4 bridgehead atoms. The van der Waals surface area contributed by atoms with E-state index < -0.39 is 5.41 Å². The zero-order chi connectivity index (χ0) is 19.6. The Bertz CT molecular complexity index is 755. The van der Waals surface area contributed by atoms with Gasteiger partial charge in [-0.15, -0.1) is 0 Å². The quantitative estimate of drug-likeness (QED) is 0.722. The van der Waals surface area contributed by atoms with Crippen LogP contribution in [0.5, 0.6) is 0 Å². The molecule has 154 valence electrons. The summed E-state index contributed by atoms with van der Waals surface area (Å²) in [6.45, 7) is 2.95. The van der Waals surface area contributed by atoms with Gasteiger partial charge in [0.15, 0.2) is 5.78 Å². The minimum Gasteiger partial charge on any atom is -0.381 e. The molecule has 0 amide bonds. The highest BCUT2D eigenvalue weighted by atomic mass is 16.5. The zero-order valence-electron chi connectivity index (χ0n) is 17.2. The van der Waals surface area contributed by atoms with Crippen molar-refractivity contribution in [2.75, 3.05) is 27.9 Å². The molecule has 2 saturated heterocycles. The number of hydrogen-bond donors (Lipinski definition) is 0. The van der Waals surface area contributed by atoms with Gasteiger partial charge in [0.2, 0.25) is 0 Å². The largest absolute Gasteiger partial charge is 0.381 e. The molecule has 6 rings (SSSR count). The van der Waals surface area contributed by atoms with Crippen LogP contribution in [0.25, 0.3) is 0 Å². The van der Waals surface area contributed by atoms with Crippen molar-refractivity contribution in [1.82, 2.24) is 4.90 Å². The van der Waals surface area contributed by atoms with Crippen molar-refractivity contribution < 1.29 is 23.8 Å². The summed E-state index contributed by atoms with van der Waals surface area (Å²) in [5.41, 5.74) is -0.668. The SMILES string of the molecule is CCN1[C@@H]2[C@]34C[C@H](OC)[C@H]5C[C@H]([C@@H]3[C@H]5OC)[C@@]23[C@@H](OC)CCC(=O)[C@H]3[C@@H]1C4=O. The Morgan fingerprint density at radius 1 is 1.14 bits per heavy atom. The molecule has 2 spiro atoms. The lowest BCUT2D eigenvalue weighted by Gasteiger charge is -2.54. The van der Waals surface area contributed by atoms with Gasteiger partial charge in [0.05, 0.1) is 35.7 Å². The normalized spacial score (nSPS) is 58.6. The number of ether oxygens (including phenoxy) is 3. The Kier molecular flexibility index (Phi) is 3.50. The fourth-order valence-corrected chi connectivity index (χ4v) is 9.78. The lowest BCUT2D eigenvalue weighted by molar-refractivity contribution is -0.167. The van der Waals surface area contributed by atoms with Crippen LogP contribution in [0, 0.1) is 34.5 Å². The Balaban J connectivity index is 1.64. The Labute approximate surface area is 166 Å². The van der Waals surface area contributed by atoms with E-state index in [-0.39, 0.29) is 47.6 Å². The van der Waals surface area contributed by atoms with Crippen LogP contribution in [0.2, 0.25) is 0 Å². The minimum absolute atomic E-state index is 0.0419. The summed E-state index contributed by atoms with van der Waals surface area (Å²) in [7, 11) is 5.36. The molecule has 4 aliphatic carbocycles. The van der Waals surface area contributed by atoms with E-state index in [2.05, 4.69) is 11.8 Å². The van der Waals surface area contributed by atoms with Gasteiger partial charge in [-0.2, -0.15) is 0 Å². The fourth-order valence-electron chi connectivity index (χ4n) is 9.78. The first-order valence-electron chi connectivity index (χ1n) is 10.9. The molecule has 28 heavy (non-hydrogen) atoms.